The molecule has 4 heteroatoms. The van der Waals surface area contributed by atoms with Gasteiger partial charge in [-0.05, 0) is 25.1 Å². The molecule has 1 aromatic carbocycles. The van der Waals surface area contributed by atoms with E-state index in [9.17, 15) is 0 Å². The van der Waals surface area contributed by atoms with Gasteiger partial charge in [-0.15, -0.1) is 11.3 Å². The number of para-hydroxylation sites is 1. The average Bonchev–Trinajstić information content (AvgIpc) is 2.81. The summed E-state index contributed by atoms with van der Waals surface area (Å²) >= 11 is 1.73. The van der Waals surface area contributed by atoms with Crippen LogP contribution in [0.15, 0.2) is 30.3 Å². The lowest BCUT2D eigenvalue weighted by molar-refractivity contribution is 0.305. The third-order valence-electron chi connectivity index (χ3n) is 2.76. The minimum absolute atomic E-state index is 0.449. The molecule has 0 radical (unpaired) electrons. The highest BCUT2D eigenvalue weighted by Crippen LogP contribution is 2.26. The van der Waals surface area contributed by atoms with Crippen molar-refractivity contribution >= 4 is 11.3 Å². The van der Waals surface area contributed by atoms with Crippen LogP contribution in [0.3, 0.4) is 0 Å². The van der Waals surface area contributed by atoms with Gasteiger partial charge in [0.25, 0.3) is 0 Å². The molecule has 0 saturated carbocycles. The lowest BCUT2D eigenvalue weighted by Crippen LogP contribution is -2.06. The van der Waals surface area contributed by atoms with Crippen molar-refractivity contribution in [3.8, 4) is 5.75 Å². The van der Waals surface area contributed by atoms with E-state index in [4.69, 9.17) is 9.72 Å². The van der Waals surface area contributed by atoms with Crippen molar-refractivity contribution in [1.82, 2.24) is 10.3 Å². The second-order valence-corrected chi connectivity index (χ2v) is 5.87. The van der Waals surface area contributed by atoms with E-state index in [2.05, 4.69) is 19.2 Å². The Kier molecular flexibility index (Phi) is 4.93. The van der Waals surface area contributed by atoms with Gasteiger partial charge in [0.1, 0.15) is 17.4 Å². The number of aromatic nitrogens is 1. The van der Waals surface area contributed by atoms with Crippen LogP contribution in [0, 0.1) is 0 Å². The smallest absolute Gasteiger partial charge is 0.140 e. The van der Waals surface area contributed by atoms with Gasteiger partial charge in [-0.3, -0.25) is 0 Å². The summed E-state index contributed by atoms with van der Waals surface area (Å²) in [7, 11) is 1.96. The summed E-state index contributed by atoms with van der Waals surface area (Å²) in [4.78, 5) is 6.01. The zero-order chi connectivity index (χ0) is 13.7. The SMILES string of the molecule is CNCc1sc(COc2ccccc2)nc1C(C)C. The van der Waals surface area contributed by atoms with E-state index >= 15 is 0 Å². The number of hydrogen-bond donors (Lipinski definition) is 1. The molecule has 2 rings (SSSR count). The Bertz CT molecular complexity index is 508. The van der Waals surface area contributed by atoms with Gasteiger partial charge < -0.3 is 10.1 Å². The molecule has 0 aliphatic heterocycles. The summed E-state index contributed by atoms with van der Waals surface area (Å²) in [5.41, 5.74) is 1.19. The van der Waals surface area contributed by atoms with E-state index < -0.39 is 0 Å². The van der Waals surface area contributed by atoms with Crippen LogP contribution in [0.5, 0.6) is 5.75 Å². The molecule has 1 heterocycles. The zero-order valence-electron chi connectivity index (χ0n) is 11.6. The Labute approximate surface area is 118 Å². The first kappa shape index (κ1) is 14.0. The average molecular weight is 276 g/mol. The van der Waals surface area contributed by atoms with Gasteiger partial charge >= 0.3 is 0 Å². The highest BCUT2D eigenvalue weighted by molar-refractivity contribution is 7.11. The second kappa shape index (κ2) is 6.68. The van der Waals surface area contributed by atoms with Gasteiger partial charge in [-0.1, -0.05) is 32.0 Å². The van der Waals surface area contributed by atoms with Gasteiger partial charge in [-0.2, -0.15) is 0 Å². The van der Waals surface area contributed by atoms with Crippen LogP contribution in [0.1, 0.15) is 35.3 Å². The Balaban J connectivity index is 2.06. The van der Waals surface area contributed by atoms with Crippen LogP contribution in [-0.4, -0.2) is 12.0 Å². The fourth-order valence-electron chi connectivity index (χ4n) is 1.88. The van der Waals surface area contributed by atoms with Gasteiger partial charge in [0.2, 0.25) is 0 Å². The monoisotopic (exact) mass is 276 g/mol. The van der Waals surface area contributed by atoms with Crippen molar-refractivity contribution in [2.45, 2.75) is 32.9 Å². The quantitative estimate of drug-likeness (QED) is 0.876. The van der Waals surface area contributed by atoms with Crippen LogP contribution in [0.4, 0.5) is 0 Å². The molecule has 1 N–H and O–H groups in total. The van der Waals surface area contributed by atoms with E-state index in [0.717, 1.165) is 17.3 Å². The highest BCUT2D eigenvalue weighted by Gasteiger charge is 2.13. The molecule has 0 fully saturated rings. The van der Waals surface area contributed by atoms with Gasteiger partial charge in [0.05, 0.1) is 5.69 Å². The molecule has 19 heavy (non-hydrogen) atoms. The Morgan fingerprint density at radius 2 is 2.00 bits per heavy atom. The number of nitrogens with one attached hydrogen (secondary N) is 1. The van der Waals surface area contributed by atoms with Crippen molar-refractivity contribution in [2.75, 3.05) is 7.05 Å². The highest BCUT2D eigenvalue weighted by atomic mass is 32.1. The zero-order valence-corrected chi connectivity index (χ0v) is 12.5. The molecular formula is C15H20N2OS. The van der Waals surface area contributed by atoms with Crippen LogP contribution in [-0.2, 0) is 13.2 Å². The van der Waals surface area contributed by atoms with E-state index in [-0.39, 0.29) is 0 Å². The first-order valence-electron chi connectivity index (χ1n) is 6.51. The molecule has 1 aromatic heterocycles. The minimum Gasteiger partial charge on any atom is -0.486 e. The Morgan fingerprint density at radius 3 is 2.63 bits per heavy atom. The summed E-state index contributed by atoms with van der Waals surface area (Å²) < 4.78 is 5.75. The lowest BCUT2D eigenvalue weighted by Gasteiger charge is -2.03. The molecule has 3 nitrogen and oxygen atoms in total. The molecule has 0 atom stereocenters. The van der Waals surface area contributed by atoms with Crippen molar-refractivity contribution in [1.29, 1.82) is 0 Å². The van der Waals surface area contributed by atoms with Crippen molar-refractivity contribution in [2.24, 2.45) is 0 Å². The van der Waals surface area contributed by atoms with E-state index in [1.807, 2.05) is 37.4 Å². The third-order valence-corrected chi connectivity index (χ3v) is 3.81. The number of hydrogen-bond acceptors (Lipinski definition) is 4. The molecule has 2 aromatic rings. The molecule has 0 amide bonds. The summed E-state index contributed by atoms with van der Waals surface area (Å²) in [6, 6.07) is 9.86. The van der Waals surface area contributed by atoms with Crippen LogP contribution in [0.2, 0.25) is 0 Å². The van der Waals surface area contributed by atoms with Gasteiger partial charge in [0, 0.05) is 11.4 Å². The Morgan fingerprint density at radius 1 is 1.26 bits per heavy atom. The normalized spacial score (nSPS) is 10.9. The first-order valence-corrected chi connectivity index (χ1v) is 7.33. The number of benzene rings is 1. The maximum absolute atomic E-state index is 5.75. The fraction of sp³-hybridized carbons (Fsp3) is 0.400. The van der Waals surface area contributed by atoms with Crippen LogP contribution in [0.25, 0.3) is 0 Å². The third kappa shape index (κ3) is 3.78. The predicted molar refractivity (Wildman–Crippen MR) is 79.7 cm³/mol. The fourth-order valence-corrected chi connectivity index (χ4v) is 3.02. The molecular weight excluding hydrogens is 256 g/mol. The maximum Gasteiger partial charge on any atom is 0.140 e. The lowest BCUT2D eigenvalue weighted by atomic mass is 10.1. The minimum atomic E-state index is 0.449. The standard InChI is InChI=1S/C15H20N2OS/c1-11(2)15-13(9-16-3)19-14(17-15)10-18-12-7-5-4-6-8-12/h4-8,11,16H,9-10H2,1-3H3. The second-order valence-electron chi connectivity index (χ2n) is 4.70. The number of thiazole rings is 1. The molecule has 0 saturated heterocycles. The van der Waals surface area contributed by atoms with Crippen LogP contribution < -0.4 is 10.1 Å². The van der Waals surface area contributed by atoms with E-state index in [1.165, 1.54) is 10.6 Å². The van der Waals surface area contributed by atoms with Crippen molar-refractivity contribution < 1.29 is 4.74 Å². The largest absolute Gasteiger partial charge is 0.486 e. The van der Waals surface area contributed by atoms with Crippen molar-refractivity contribution in [3.63, 3.8) is 0 Å². The first-order chi connectivity index (χ1) is 9.20. The summed E-state index contributed by atoms with van der Waals surface area (Å²) in [5, 5.41) is 4.24. The van der Waals surface area contributed by atoms with E-state index in [1.54, 1.807) is 11.3 Å². The number of ether oxygens (including phenoxy) is 1. The van der Waals surface area contributed by atoms with Crippen LogP contribution >= 0.6 is 11.3 Å². The van der Waals surface area contributed by atoms with Gasteiger partial charge in [-0.25, -0.2) is 4.98 Å². The molecule has 102 valence electrons. The number of nitrogens with zero attached hydrogens (tertiary/aromatic N) is 1. The molecule has 0 unspecified atom stereocenters. The number of rotatable bonds is 6. The summed E-state index contributed by atoms with van der Waals surface area (Å²) in [5.74, 6) is 1.34. The molecule has 0 aliphatic carbocycles. The summed E-state index contributed by atoms with van der Waals surface area (Å²) in [6.45, 7) is 5.76. The molecule has 0 aliphatic rings. The van der Waals surface area contributed by atoms with Crippen molar-refractivity contribution in [3.05, 3.63) is 45.9 Å². The molecule has 0 spiro atoms. The maximum atomic E-state index is 5.75. The predicted octanol–water partition coefficient (Wildman–Crippen LogP) is 3.56. The Hall–Kier alpha value is -1.39. The molecule has 0 bridgehead atoms. The van der Waals surface area contributed by atoms with Gasteiger partial charge in [0.15, 0.2) is 0 Å². The topological polar surface area (TPSA) is 34.1 Å². The summed E-state index contributed by atoms with van der Waals surface area (Å²) in [6.07, 6.45) is 0. The van der Waals surface area contributed by atoms with E-state index in [0.29, 0.717) is 12.5 Å².